The topological polar surface area (TPSA) is 63.4 Å². The third-order valence-corrected chi connectivity index (χ3v) is 3.53. The first-order chi connectivity index (χ1) is 9.01. The Kier molecular flexibility index (Phi) is 4.24. The second kappa shape index (κ2) is 5.73. The molecule has 19 heavy (non-hydrogen) atoms. The van der Waals surface area contributed by atoms with Crippen molar-refractivity contribution in [3.05, 3.63) is 39.5 Å². The predicted molar refractivity (Wildman–Crippen MR) is 73.1 cm³/mol. The molecule has 1 fully saturated rings. The summed E-state index contributed by atoms with van der Waals surface area (Å²) < 4.78 is 13.2. The third-order valence-electron chi connectivity index (χ3n) is 2.41. The molecule has 2 rings (SSSR count). The van der Waals surface area contributed by atoms with Gasteiger partial charge in [-0.1, -0.05) is 11.6 Å². The lowest BCUT2D eigenvalue weighted by Gasteiger charge is -2.09. The minimum absolute atomic E-state index is 0.173. The van der Waals surface area contributed by atoms with E-state index in [-0.39, 0.29) is 28.3 Å². The van der Waals surface area contributed by atoms with E-state index in [1.165, 1.54) is 24.3 Å². The largest absolute Gasteiger partial charge is 0.329 e. The number of amides is 2. The summed E-state index contributed by atoms with van der Waals surface area (Å²) in [5, 5.41) is -0.142. The van der Waals surface area contributed by atoms with Crippen LogP contribution >= 0.6 is 23.4 Å². The Morgan fingerprint density at radius 2 is 2.11 bits per heavy atom. The molecule has 1 heterocycles. The molecule has 1 aliphatic rings. The standard InChI is InChI=1S/C12H10ClFN2O2S/c13-8-3-7(4-9(14)6-8)5-10-11(17)16(2-1-15)12(18)19-10/h3-6H,1-2,15H2/b10-5+. The van der Waals surface area contributed by atoms with E-state index in [9.17, 15) is 14.0 Å². The van der Waals surface area contributed by atoms with Crippen LogP contribution in [0.5, 0.6) is 0 Å². The first kappa shape index (κ1) is 14.0. The number of carbonyl (C=O) groups is 2. The van der Waals surface area contributed by atoms with Crippen LogP contribution in [0, 0.1) is 5.82 Å². The first-order valence-corrected chi connectivity index (χ1v) is 6.62. The fourth-order valence-electron chi connectivity index (χ4n) is 1.63. The van der Waals surface area contributed by atoms with E-state index in [0.717, 1.165) is 16.7 Å². The molecule has 4 nitrogen and oxygen atoms in total. The number of thioether (sulfide) groups is 1. The number of benzene rings is 1. The van der Waals surface area contributed by atoms with Crippen molar-refractivity contribution in [1.82, 2.24) is 4.90 Å². The summed E-state index contributed by atoms with van der Waals surface area (Å²) in [5.74, 6) is -0.916. The number of nitrogens with two attached hydrogens (primary N) is 1. The van der Waals surface area contributed by atoms with Crippen LogP contribution in [-0.2, 0) is 4.79 Å². The zero-order chi connectivity index (χ0) is 14.0. The second-order valence-electron chi connectivity index (χ2n) is 3.82. The molecule has 0 saturated carbocycles. The van der Waals surface area contributed by atoms with Crippen molar-refractivity contribution in [1.29, 1.82) is 0 Å². The monoisotopic (exact) mass is 300 g/mol. The number of hydrogen-bond donors (Lipinski definition) is 1. The Morgan fingerprint density at radius 1 is 1.37 bits per heavy atom. The van der Waals surface area contributed by atoms with Crippen LogP contribution in [0.1, 0.15) is 5.56 Å². The van der Waals surface area contributed by atoms with Gasteiger partial charge in [-0.3, -0.25) is 14.5 Å². The van der Waals surface area contributed by atoms with Gasteiger partial charge in [0.1, 0.15) is 5.82 Å². The Morgan fingerprint density at radius 3 is 2.74 bits per heavy atom. The summed E-state index contributed by atoms with van der Waals surface area (Å²) in [6.07, 6.45) is 1.44. The van der Waals surface area contributed by atoms with E-state index in [0.29, 0.717) is 5.56 Å². The van der Waals surface area contributed by atoms with Crippen LogP contribution in [0.2, 0.25) is 5.02 Å². The molecule has 2 N–H and O–H groups in total. The highest BCUT2D eigenvalue weighted by atomic mass is 35.5. The minimum atomic E-state index is -0.500. The minimum Gasteiger partial charge on any atom is -0.329 e. The van der Waals surface area contributed by atoms with Gasteiger partial charge in [-0.25, -0.2) is 4.39 Å². The highest BCUT2D eigenvalue weighted by Gasteiger charge is 2.34. The lowest BCUT2D eigenvalue weighted by Crippen LogP contribution is -2.33. The van der Waals surface area contributed by atoms with E-state index in [1.54, 1.807) is 0 Å². The van der Waals surface area contributed by atoms with Gasteiger partial charge in [0.2, 0.25) is 0 Å². The number of imide groups is 1. The highest BCUT2D eigenvalue weighted by Crippen LogP contribution is 2.32. The maximum Gasteiger partial charge on any atom is 0.293 e. The molecule has 1 saturated heterocycles. The van der Waals surface area contributed by atoms with Gasteiger partial charge in [0.15, 0.2) is 0 Å². The average molecular weight is 301 g/mol. The molecular formula is C12H10ClFN2O2S. The first-order valence-electron chi connectivity index (χ1n) is 5.43. The molecule has 0 spiro atoms. The molecule has 1 aliphatic heterocycles. The van der Waals surface area contributed by atoms with Crippen LogP contribution in [0.4, 0.5) is 9.18 Å². The molecule has 1 aromatic carbocycles. The van der Waals surface area contributed by atoms with Crippen molar-refractivity contribution >= 4 is 40.6 Å². The summed E-state index contributed by atoms with van der Waals surface area (Å²) in [6, 6.07) is 3.92. The summed E-state index contributed by atoms with van der Waals surface area (Å²) in [6.45, 7) is 0.378. The van der Waals surface area contributed by atoms with Gasteiger partial charge in [0, 0.05) is 18.1 Å². The van der Waals surface area contributed by atoms with Crippen LogP contribution in [0.3, 0.4) is 0 Å². The SMILES string of the molecule is NCCN1C(=O)S/C(=C/c2cc(F)cc(Cl)c2)C1=O. The zero-order valence-electron chi connectivity index (χ0n) is 9.73. The van der Waals surface area contributed by atoms with Crippen LogP contribution in [0.25, 0.3) is 6.08 Å². The quantitative estimate of drug-likeness (QED) is 0.871. The fourth-order valence-corrected chi connectivity index (χ4v) is 2.73. The van der Waals surface area contributed by atoms with Crippen LogP contribution < -0.4 is 5.73 Å². The van der Waals surface area contributed by atoms with Gasteiger partial charge in [-0.15, -0.1) is 0 Å². The van der Waals surface area contributed by atoms with Crippen molar-refractivity contribution in [2.24, 2.45) is 5.73 Å². The predicted octanol–water partition coefficient (Wildman–Crippen LogP) is 2.47. The van der Waals surface area contributed by atoms with Gasteiger partial charge >= 0.3 is 0 Å². The highest BCUT2D eigenvalue weighted by molar-refractivity contribution is 8.18. The molecule has 0 aromatic heterocycles. The van der Waals surface area contributed by atoms with Crippen LogP contribution in [0.15, 0.2) is 23.1 Å². The molecule has 0 unspecified atom stereocenters. The number of rotatable bonds is 3. The summed E-state index contributed by atoms with van der Waals surface area (Å²) in [4.78, 5) is 24.8. The lowest BCUT2D eigenvalue weighted by atomic mass is 10.2. The molecule has 0 atom stereocenters. The van der Waals surface area contributed by atoms with E-state index in [1.807, 2.05) is 0 Å². The molecular weight excluding hydrogens is 291 g/mol. The van der Waals surface area contributed by atoms with E-state index < -0.39 is 11.7 Å². The molecule has 2 amide bonds. The lowest BCUT2D eigenvalue weighted by molar-refractivity contribution is -0.122. The van der Waals surface area contributed by atoms with Gasteiger partial charge in [-0.2, -0.15) is 0 Å². The smallest absolute Gasteiger partial charge is 0.293 e. The number of halogens is 2. The molecule has 1 aromatic rings. The Bertz CT molecular complexity index is 557. The zero-order valence-corrected chi connectivity index (χ0v) is 11.3. The van der Waals surface area contributed by atoms with Gasteiger partial charge in [0.05, 0.1) is 4.91 Å². The van der Waals surface area contributed by atoms with E-state index >= 15 is 0 Å². The van der Waals surface area contributed by atoms with Crippen molar-refractivity contribution in [2.75, 3.05) is 13.1 Å². The Labute approximate surface area is 118 Å². The number of carbonyl (C=O) groups excluding carboxylic acids is 2. The van der Waals surface area contributed by atoms with Crippen molar-refractivity contribution in [2.45, 2.75) is 0 Å². The summed E-state index contributed by atoms with van der Waals surface area (Å²) in [5.41, 5.74) is 5.76. The van der Waals surface area contributed by atoms with Gasteiger partial charge in [-0.05, 0) is 41.6 Å². The Balaban J connectivity index is 2.29. The summed E-state index contributed by atoms with van der Waals surface area (Å²) >= 11 is 6.53. The normalized spacial score (nSPS) is 17.6. The van der Waals surface area contributed by atoms with Crippen molar-refractivity contribution in [3.63, 3.8) is 0 Å². The molecule has 100 valence electrons. The molecule has 7 heteroatoms. The number of hydrogen-bond acceptors (Lipinski definition) is 4. The maximum atomic E-state index is 13.2. The average Bonchev–Trinajstić information content (AvgIpc) is 2.56. The molecule has 0 bridgehead atoms. The van der Waals surface area contributed by atoms with Crippen LogP contribution in [-0.4, -0.2) is 29.1 Å². The van der Waals surface area contributed by atoms with E-state index in [4.69, 9.17) is 17.3 Å². The van der Waals surface area contributed by atoms with Crippen molar-refractivity contribution in [3.8, 4) is 0 Å². The molecule has 0 aliphatic carbocycles. The fraction of sp³-hybridized carbons (Fsp3) is 0.167. The third kappa shape index (κ3) is 3.15. The second-order valence-corrected chi connectivity index (χ2v) is 5.25. The Hall–Kier alpha value is -1.37. The van der Waals surface area contributed by atoms with E-state index in [2.05, 4.69) is 0 Å². The maximum absolute atomic E-state index is 13.2. The number of nitrogens with zero attached hydrogens (tertiary/aromatic N) is 1. The van der Waals surface area contributed by atoms with Crippen molar-refractivity contribution < 1.29 is 14.0 Å². The molecule has 0 radical (unpaired) electrons. The summed E-state index contributed by atoms with van der Waals surface area (Å²) in [7, 11) is 0. The van der Waals surface area contributed by atoms with Gasteiger partial charge < -0.3 is 5.73 Å². The van der Waals surface area contributed by atoms with Gasteiger partial charge in [0.25, 0.3) is 11.1 Å².